The number of rotatable bonds is 2. The molecule has 152 valence electrons. The van der Waals surface area contributed by atoms with Crippen molar-refractivity contribution in [1.82, 2.24) is 14.9 Å². The van der Waals surface area contributed by atoms with Gasteiger partial charge in [-0.2, -0.15) is 0 Å². The number of aliphatic hydroxyl groups is 1. The molecule has 0 saturated carbocycles. The first-order chi connectivity index (χ1) is 13.8. The van der Waals surface area contributed by atoms with Crippen LogP contribution in [0, 0.1) is 0 Å². The van der Waals surface area contributed by atoms with Crippen LogP contribution in [0.4, 0.5) is 4.79 Å². The third-order valence-electron chi connectivity index (χ3n) is 5.44. The van der Waals surface area contributed by atoms with E-state index in [1.54, 1.807) is 11.1 Å². The molecule has 6 nitrogen and oxygen atoms in total. The topological polar surface area (TPSA) is 78.4 Å². The summed E-state index contributed by atoms with van der Waals surface area (Å²) in [7, 11) is 0. The number of aromatic amines is 1. The van der Waals surface area contributed by atoms with Crippen LogP contribution in [0.25, 0.3) is 22.2 Å². The van der Waals surface area contributed by atoms with E-state index in [9.17, 15) is 9.90 Å². The first-order valence-corrected chi connectivity index (χ1v) is 9.99. The predicted molar refractivity (Wildman–Crippen MR) is 112 cm³/mol. The van der Waals surface area contributed by atoms with Crippen LogP contribution in [0.2, 0.25) is 0 Å². The molecule has 1 aliphatic heterocycles. The minimum Gasteiger partial charge on any atom is -0.444 e. The summed E-state index contributed by atoms with van der Waals surface area (Å²) in [5.41, 5.74) is 2.48. The number of nitrogens with zero attached hydrogens (tertiary/aromatic N) is 2. The highest BCUT2D eigenvalue weighted by atomic mass is 16.6. The average molecular weight is 393 g/mol. The second kappa shape index (κ2) is 7.19. The Kier molecular flexibility index (Phi) is 4.82. The fraction of sp³-hybridized carbons (Fsp3) is 0.391. The molecule has 1 amide bonds. The van der Waals surface area contributed by atoms with Crippen LogP contribution in [0.3, 0.4) is 0 Å². The molecule has 2 aromatic heterocycles. The van der Waals surface area contributed by atoms with E-state index in [-0.39, 0.29) is 6.09 Å². The number of H-pyrrole nitrogens is 1. The van der Waals surface area contributed by atoms with Crippen molar-refractivity contribution >= 4 is 17.1 Å². The molecule has 0 bridgehead atoms. The number of carbonyl (C=O) groups is 1. The summed E-state index contributed by atoms with van der Waals surface area (Å²) < 4.78 is 5.44. The summed E-state index contributed by atoms with van der Waals surface area (Å²) in [6, 6.07) is 12.1. The Labute approximate surface area is 170 Å². The second-order valence-electron chi connectivity index (χ2n) is 8.67. The van der Waals surface area contributed by atoms with Gasteiger partial charge in [-0.25, -0.2) is 9.78 Å². The Morgan fingerprint density at radius 2 is 1.83 bits per heavy atom. The zero-order valence-corrected chi connectivity index (χ0v) is 17.1. The number of hydrogen-bond donors (Lipinski definition) is 2. The third kappa shape index (κ3) is 3.98. The van der Waals surface area contributed by atoms with Crippen LogP contribution >= 0.6 is 0 Å². The number of fused-ring (bicyclic) bond motifs is 1. The number of benzene rings is 1. The number of piperidine rings is 1. The number of pyridine rings is 1. The molecule has 2 N–H and O–H groups in total. The van der Waals surface area contributed by atoms with Crippen molar-refractivity contribution in [2.24, 2.45) is 0 Å². The SMILES string of the molecule is CC(C)(C)OC(=O)N1CCC(O)(c2ccc(-c3ccnc4[nH]ccc34)cc2)CC1. The highest BCUT2D eigenvalue weighted by molar-refractivity contribution is 5.92. The van der Waals surface area contributed by atoms with E-state index < -0.39 is 11.2 Å². The minimum absolute atomic E-state index is 0.317. The smallest absolute Gasteiger partial charge is 0.410 e. The van der Waals surface area contributed by atoms with Gasteiger partial charge < -0.3 is 19.7 Å². The van der Waals surface area contributed by atoms with Crippen molar-refractivity contribution in [1.29, 1.82) is 0 Å². The molecular formula is C23H27N3O3. The van der Waals surface area contributed by atoms with E-state index >= 15 is 0 Å². The number of hydrogen-bond acceptors (Lipinski definition) is 4. The van der Waals surface area contributed by atoms with E-state index in [0.29, 0.717) is 25.9 Å². The first kappa shape index (κ1) is 19.5. The van der Waals surface area contributed by atoms with Gasteiger partial charge in [0.05, 0.1) is 5.60 Å². The number of aromatic nitrogens is 2. The van der Waals surface area contributed by atoms with Gasteiger partial charge in [0.2, 0.25) is 0 Å². The van der Waals surface area contributed by atoms with Crippen LogP contribution in [0.15, 0.2) is 48.8 Å². The Bertz CT molecular complexity index is 1010. The molecule has 29 heavy (non-hydrogen) atoms. The van der Waals surface area contributed by atoms with Gasteiger partial charge in [0.1, 0.15) is 11.2 Å². The Morgan fingerprint density at radius 1 is 1.14 bits per heavy atom. The molecule has 4 rings (SSSR count). The highest BCUT2D eigenvalue weighted by Gasteiger charge is 2.36. The zero-order valence-electron chi connectivity index (χ0n) is 17.1. The standard InChI is InChI=1S/C23H27N3O3/c1-22(2,3)29-21(27)26-14-10-23(28,11-15-26)17-6-4-16(5-7-17)18-8-12-24-20-19(18)9-13-25-20/h4-9,12-13,28H,10-11,14-15H2,1-3H3,(H,24,25). The lowest BCUT2D eigenvalue weighted by Crippen LogP contribution is -2.46. The number of amides is 1. The molecule has 1 saturated heterocycles. The molecule has 1 fully saturated rings. The van der Waals surface area contributed by atoms with Crippen molar-refractivity contribution in [2.75, 3.05) is 13.1 Å². The summed E-state index contributed by atoms with van der Waals surface area (Å²) in [4.78, 5) is 21.4. The molecule has 1 aliphatic rings. The number of carbonyl (C=O) groups excluding carboxylic acids is 1. The molecule has 3 aromatic rings. The van der Waals surface area contributed by atoms with Gasteiger partial charge in [0.25, 0.3) is 0 Å². The Hall–Kier alpha value is -2.86. The normalized spacial score (nSPS) is 16.8. The van der Waals surface area contributed by atoms with Crippen LogP contribution < -0.4 is 0 Å². The average Bonchev–Trinajstić information content (AvgIpc) is 3.16. The minimum atomic E-state index is -0.932. The number of ether oxygens (including phenoxy) is 1. The van der Waals surface area contributed by atoms with E-state index in [1.165, 1.54) is 0 Å². The fourth-order valence-electron chi connectivity index (χ4n) is 3.85. The van der Waals surface area contributed by atoms with Crippen molar-refractivity contribution in [2.45, 2.75) is 44.8 Å². The van der Waals surface area contributed by atoms with Gasteiger partial charge in [-0.3, -0.25) is 0 Å². The highest BCUT2D eigenvalue weighted by Crippen LogP contribution is 2.35. The third-order valence-corrected chi connectivity index (χ3v) is 5.44. The lowest BCUT2D eigenvalue weighted by molar-refractivity contribution is -0.0356. The van der Waals surface area contributed by atoms with Crippen LogP contribution in [-0.4, -0.2) is 44.8 Å². The molecule has 0 radical (unpaired) electrons. The largest absolute Gasteiger partial charge is 0.444 e. The maximum Gasteiger partial charge on any atom is 0.410 e. The van der Waals surface area contributed by atoms with Crippen molar-refractivity contribution < 1.29 is 14.6 Å². The van der Waals surface area contributed by atoms with Crippen LogP contribution in [0.5, 0.6) is 0 Å². The summed E-state index contributed by atoms with van der Waals surface area (Å²) >= 11 is 0. The molecule has 0 unspecified atom stereocenters. The monoisotopic (exact) mass is 393 g/mol. The molecule has 0 spiro atoms. The molecule has 0 aliphatic carbocycles. The van der Waals surface area contributed by atoms with Crippen LogP contribution in [0.1, 0.15) is 39.2 Å². The molecule has 1 aromatic carbocycles. The van der Waals surface area contributed by atoms with Gasteiger partial charge in [0, 0.05) is 30.9 Å². The number of likely N-dealkylation sites (tertiary alicyclic amines) is 1. The Balaban J connectivity index is 1.48. The van der Waals surface area contributed by atoms with Gasteiger partial charge in [-0.05, 0) is 62.4 Å². The second-order valence-corrected chi connectivity index (χ2v) is 8.67. The van der Waals surface area contributed by atoms with Crippen molar-refractivity contribution in [3.8, 4) is 11.1 Å². The quantitative estimate of drug-likeness (QED) is 0.674. The van der Waals surface area contributed by atoms with Gasteiger partial charge in [0.15, 0.2) is 0 Å². The first-order valence-electron chi connectivity index (χ1n) is 9.99. The molecule has 3 heterocycles. The summed E-state index contributed by atoms with van der Waals surface area (Å²) in [5, 5.41) is 12.3. The summed E-state index contributed by atoms with van der Waals surface area (Å²) in [5.74, 6) is 0. The fourth-order valence-corrected chi connectivity index (χ4v) is 3.85. The van der Waals surface area contributed by atoms with Crippen molar-refractivity contribution in [3.63, 3.8) is 0 Å². The summed E-state index contributed by atoms with van der Waals surface area (Å²) in [6.45, 7) is 6.52. The van der Waals surface area contributed by atoms with E-state index in [1.807, 2.05) is 63.4 Å². The zero-order chi connectivity index (χ0) is 20.6. The molecule has 0 atom stereocenters. The predicted octanol–water partition coefficient (Wildman–Crippen LogP) is 4.45. The maximum absolute atomic E-state index is 12.3. The summed E-state index contributed by atoms with van der Waals surface area (Å²) in [6.07, 6.45) is 4.34. The van der Waals surface area contributed by atoms with Gasteiger partial charge in [-0.15, -0.1) is 0 Å². The Morgan fingerprint density at radius 3 is 2.48 bits per heavy atom. The van der Waals surface area contributed by atoms with E-state index in [2.05, 4.69) is 9.97 Å². The lowest BCUT2D eigenvalue weighted by Gasteiger charge is -2.39. The molecule has 6 heteroatoms. The number of nitrogens with one attached hydrogen (secondary N) is 1. The molecular weight excluding hydrogens is 366 g/mol. The lowest BCUT2D eigenvalue weighted by atomic mass is 9.84. The van der Waals surface area contributed by atoms with Gasteiger partial charge >= 0.3 is 6.09 Å². The van der Waals surface area contributed by atoms with Gasteiger partial charge in [-0.1, -0.05) is 24.3 Å². The van der Waals surface area contributed by atoms with E-state index in [0.717, 1.165) is 27.7 Å². The maximum atomic E-state index is 12.3. The van der Waals surface area contributed by atoms with E-state index in [4.69, 9.17) is 4.74 Å². The van der Waals surface area contributed by atoms with Crippen LogP contribution in [-0.2, 0) is 10.3 Å². The van der Waals surface area contributed by atoms with Crippen molar-refractivity contribution in [3.05, 3.63) is 54.4 Å².